The normalized spacial score (nSPS) is 12.3. The quantitative estimate of drug-likeness (QED) is 0.621. The van der Waals surface area contributed by atoms with E-state index in [1.165, 1.54) is 11.1 Å². The molecule has 0 N–H and O–H groups in total. The molecule has 0 aliphatic heterocycles. The van der Waals surface area contributed by atoms with Crippen molar-refractivity contribution in [2.24, 2.45) is 0 Å². The molecule has 0 saturated heterocycles. The van der Waals surface area contributed by atoms with Crippen LogP contribution in [0.4, 0.5) is 0 Å². The third kappa shape index (κ3) is 1.31. The van der Waals surface area contributed by atoms with Crippen LogP contribution in [0.15, 0.2) is 24.7 Å². The van der Waals surface area contributed by atoms with Gasteiger partial charge in [-0.05, 0) is 24.0 Å². The van der Waals surface area contributed by atoms with Crippen LogP contribution in [0, 0.1) is 6.92 Å². The molecule has 0 aliphatic rings. The second-order valence-electron chi connectivity index (χ2n) is 4.79. The fraction of sp³-hybridized carbons (Fsp3) is 0.417. The van der Waals surface area contributed by atoms with Crippen LogP contribution in [-0.2, 0) is 5.41 Å². The van der Waals surface area contributed by atoms with E-state index in [0.29, 0.717) is 0 Å². The number of fused-ring (bicyclic) bond motifs is 1. The number of rotatable bonds is 0. The number of aryl methyl sites for hydroxylation is 1. The molecule has 0 amide bonds. The monoisotopic (exact) mass is 188 g/mol. The van der Waals surface area contributed by atoms with E-state index < -0.39 is 0 Å². The Labute approximate surface area is 84.6 Å². The van der Waals surface area contributed by atoms with Crippen LogP contribution in [0.2, 0.25) is 0 Å². The zero-order chi connectivity index (χ0) is 10.3. The summed E-state index contributed by atoms with van der Waals surface area (Å²) < 4.78 is 2.09. The molecule has 0 bridgehead atoms. The van der Waals surface area contributed by atoms with Crippen molar-refractivity contribution in [3.05, 3.63) is 35.8 Å². The van der Waals surface area contributed by atoms with E-state index >= 15 is 0 Å². The van der Waals surface area contributed by atoms with E-state index in [1.807, 2.05) is 18.5 Å². The summed E-state index contributed by atoms with van der Waals surface area (Å²) in [7, 11) is 0. The van der Waals surface area contributed by atoms with Crippen molar-refractivity contribution in [1.29, 1.82) is 0 Å². The van der Waals surface area contributed by atoms with Gasteiger partial charge in [-0.3, -0.25) is 0 Å². The maximum absolute atomic E-state index is 4.43. The molecule has 0 aliphatic carbocycles. The maximum atomic E-state index is 4.43. The Kier molecular flexibility index (Phi) is 1.88. The van der Waals surface area contributed by atoms with Crippen molar-refractivity contribution in [1.82, 2.24) is 9.38 Å². The first-order valence-electron chi connectivity index (χ1n) is 4.93. The summed E-state index contributed by atoms with van der Waals surface area (Å²) in [4.78, 5) is 4.43. The topological polar surface area (TPSA) is 17.3 Å². The van der Waals surface area contributed by atoms with E-state index in [1.54, 1.807) is 0 Å². The highest BCUT2D eigenvalue weighted by Gasteiger charge is 2.21. The lowest BCUT2D eigenvalue weighted by Crippen LogP contribution is -2.12. The summed E-state index contributed by atoms with van der Waals surface area (Å²) in [5.74, 6) is 0. The molecule has 2 rings (SSSR count). The SMILES string of the molecule is Cc1cn2cccnc2c1C(C)(C)C. The zero-order valence-corrected chi connectivity index (χ0v) is 9.20. The Morgan fingerprint density at radius 2 is 2.00 bits per heavy atom. The van der Waals surface area contributed by atoms with Crippen LogP contribution in [0.1, 0.15) is 31.9 Å². The van der Waals surface area contributed by atoms with Crippen molar-refractivity contribution in [2.75, 3.05) is 0 Å². The largest absolute Gasteiger partial charge is 0.308 e. The predicted octanol–water partition coefficient (Wildman–Crippen LogP) is 2.94. The van der Waals surface area contributed by atoms with Crippen LogP contribution >= 0.6 is 0 Å². The number of aromatic nitrogens is 2. The molecule has 2 heterocycles. The minimum Gasteiger partial charge on any atom is -0.308 e. The second-order valence-corrected chi connectivity index (χ2v) is 4.79. The molecular weight excluding hydrogens is 172 g/mol. The molecule has 0 unspecified atom stereocenters. The molecule has 2 nitrogen and oxygen atoms in total. The van der Waals surface area contributed by atoms with E-state index in [2.05, 4.69) is 43.3 Å². The van der Waals surface area contributed by atoms with Gasteiger partial charge in [-0.1, -0.05) is 20.8 Å². The molecule has 74 valence electrons. The van der Waals surface area contributed by atoms with Gasteiger partial charge in [-0.2, -0.15) is 0 Å². The first-order valence-corrected chi connectivity index (χ1v) is 4.93. The van der Waals surface area contributed by atoms with E-state index in [4.69, 9.17) is 0 Å². The van der Waals surface area contributed by atoms with Crippen LogP contribution in [0.3, 0.4) is 0 Å². The predicted molar refractivity (Wildman–Crippen MR) is 58.6 cm³/mol. The van der Waals surface area contributed by atoms with Gasteiger partial charge in [0.15, 0.2) is 0 Å². The first-order chi connectivity index (χ1) is 6.50. The van der Waals surface area contributed by atoms with Gasteiger partial charge in [0, 0.05) is 24.2 Å². The Morgan fingerprint density at radius 3 is 2.64 bits per heavy atom. The summed E-state index contributed by atoms with van der Waals surface area (Å²) in [6, 6.07) is 1.96. The molecular formula is C12H16N2. The van der Waals surface area contributed by atoms with Crippen molar-refractivity contribution in [3.63, 3.8) is 0 Å². The van der Waals surface area contributed by atoms with Crippen molar-refractivity contribution < 1.29 is 0 Å². The van der Waals surface area contributed by atoms with Gasteiger partial charge in [0.05, 0.1) is 0 Å². The molecule has 0 spiro atoms. The highest BCUT2D eigenvalue weighted by molar-refractivity contribution is 5.56. The van der Waals surface area contributed by atoms with Gasteiger partial charge < -0.3 is 4.40 Å². The molecule has 2 aromatic heterocycles. The number of nitrogens with zero attached hydrogens (tertiary/aromatic N) is 2. The number of hydrogen-bond donors (Lipinski definition) is 0. The fourth-order valence-electron chi connectivity index (χ4n) is 2.06. The van der Waals surface area contributed by atoms with Crippen LogP contribution < -0.4 is 0 Å². The van der Waals surface area contributed by atoms with Crippen molar-refractivity contribution in [3.8, 4) is 0 Å². The van der Waals surface area contributed by atoms with Gasteiger partial charge in [-0.25, -0.2) is 4.98 Å². The molecule has 2 heteroatoms. The van der Waals surface area contributed by atoms with Gasteiger partial charge >= 0.3 is 0 Å². The zero-order valence-electron chi connectivity index (χ0n) is 9.20. The lowest BCUT2D eigenvalue weighted by Gasteiger charge is -2.18. The lowest BCUT2D eigenvalue weighted by molar-refractivity contribution is 0.591. The third-order valence-electron chi connectivity index (χ3n) is 2.47. The van der Waals surface area contributed by atoms with E-state index in [9.17, 15) is 0 Å². The summed E-state index contributed by atoms with van der Waals surface area (Å²) in [6.07, 6.45) is 6.04. The fourth-order valence-corrected chi connectivity index (χ4v) is 2.06. The smallest absolute Gasteiger partial charge is 0.140 e. The average Bonchev–Trinajstić information content (AvgIpc) is 2.38. The molecule has 0 radical (unpaired) electrons. The van der Waals surface area contributed by atoms with Crippen molar-refractivity contribution >= 4 is 5.65 Å². The molecule has 0 aromatic carbocycles. The van der Waals surface area contributed by atoms with Gasteiger partial charge in [0.2, 0.25) is 0 Å². The minimum atomic E-state index is 0.160. The lowest BCUT2D eigenvalue weighted by atomic mass is 9.86. The molecule has 2 aromatic rings. The molecule has 0 saturated carbocycles. The summed E-state index contributed by atoms with van der Waals surface area (Å²) in [6.45, 7) is 8.83. The summed E-state index contributed by atoms with van der Waals surface area (Å²) in [5.41, 5.74) is 3.90. The molecule has 0 atom stereocenters. The summed E-state index contributed by atoms with van der Waals surface area (Å²) in [5, 5.41) is 0. The van der Waals surface area contributed by atoms with Crippen LogP contribution in [-0.4, -0.2) is 9.38 Å². The minimum absolute atomic E-state index is 0.160. The third-order valence-corrected chi connectivity index (χ3v) is 2.47. The average molecular weight is 188 g/mol. The van der Waals surface area contributed by atoms with Crippen molar-refractivity contribution in [2.45, 2.75) is 33.1 Å². The van der Waals surface area contributed by atoms with Gasteiger partial charge in [0.1, 0.15) is 5.65 Å². The Balaban J connectivity index is 2.81. The first kappa shape index (κ1) is 9.25. The number of hydrogen-bond acceptors (Lipinski definition) is 1. The highest BCUT2D eigenvalue weighted by Crippen LogP contribution is 2.29. The highest BCUT2D eigenvalue weighted by atomic mass is 15.0. The summed E-state index contributed by atoms with van der Waals surface area (Å²) >= 11 is 0. The maximum Gasteiger partial charge on any atom is 0.140 e. The molecule has 0 fully saturated rings. The Morgan fingerprint density at radius 1 is 1.29 bits per heavy atom. The van der Waals surface area contributed by atoms with Gasteiger partial charge in [-0.15, -0.1) is 0 Å². The Bertz CT molecular complexity index is 461. The van der Waals surface area contributed by atoms with E-state index in [0.717, 1.165) is 5.65 Å². The van der Waals surface area contributed by atoms with Crippen LogP contribution in [0.5, 0.6) is 0 Å². The standard InChI is InChI=1S/C12H16N2/c1-9-8-14-7-5-6-13-11(14)10(9)12(2,3)4/h5-8H,1-4H3. The molecule has 14 heavy (non-hydrogen) atoms. The van der Waals surface area contributed by atoms with E-state index in [-0.39, 0.29) is 5.41 Å². The second kappa shape index (κ2) is 2.84. The van der Waals surface area contributed by atoms with Crippen LogP contribution in [0.25, 0.3) is 5.65 Å². The van der Waals surface area contributed by atoms with Gasteiger partial charge in [0.25, 0.3) is 0 Å². The Hall–Kier alpha value is -1.31.